The first-order chi connectivity index (χ1) is 13.4. The summed E-state index contributed by atoms with van der Waals surface area (Å²) < 4.78 is 28.1. The van der Waals surface area contributed by atoms with Crippen LogP contribution in [0.15, 0.2) is 42.7 Å². The van der Waals surface area contributed by atoms with E-state index in [-0.39, 0.29) is 17.6 Å². The first-order valence-corrected chi connectivity index (χ1v) is 11.6. The van der Waals surface area contributed by atoms with Crippen LogP contribution in [-0.2, 0) is 14.8 Å². The van der Waals surface area contributed by atoms with Gasteiger partial charge < -0.3 is 9.88 Å². The smallest absolute Gasteiger partial charge is 0.227 e. The molecule has 0 radical (unpaired) electrons. The van der Waals surface area contributed by atoms with Crippen LogP contribution in [0.5, 0.6) is 0 Å². The molecule has 1 aromatic heterocycles. The van der Waals surface area contributed by atoms with Crippen molar-refractivity contribution in [2.24, 2.45) is 5.92 Å². The van der Waals surface area contributed by atoms with Gasteiger partial charge in [-0.05, 0) is 49.6 Å². The Morgan fingerprint density at radius 1 is 1.21 bits per heavy atom. The van der Waals surface area contributed by atoms with Gasteiger partial charge >= 0.3 is 0 Å². The zero-order valence-corrected chi connectivity index (χ0v) is 17.5. The minimum absolute atomic E-state index is 0.0821. The van der Waals surface area contributed by atoms with Gasteiger partial charge in [-0.15, -0.1) is 0 Å². The lowest BCUT2D eigenvalue weighted by Crippen LogP contribution is -2.42. The molecule has 28 heavy (non-hydrogen) atoms. The molecule has 1 aliphatic rings. The number of piperidine rings is 1. The molecule has 1 saturated heterocycles. The molecule has 3 rings (SSSR count). The maximum absolute atomic E-state index is 12.8. The number of rotatable bonds is 7. The molecule has 0 bridgehead atoms. The third-order valence-corrected chi connectivity index (χ3v) is 7.27. The molecular formula is C20H26ClN3O3S. The zero-order chi connectivity index (χ0) is 20.1. The van der Waals surface area contributed by atoms with Crippen molar-refractivity contribution in [2.45, 2.75) is 32.6 Å². The minimum atomic E-state index is -3.21. The van der Waals surface area contributed by atoms with Crippen molar-refractivity contribution in [2.75, 3.05) is 24.2 Å². The molecule has 2 heterocycles. The average Bonchev–Trinajstić information content (AvgIpc) is 3.22. The molecule has 0 saturated carbocycles. The second-order valence-electron chi connectivity index (χ2n) is 7.08. The van der Waals surface area contributed by atoms with E-state index in [1.54, 1.807) is 18.2 Å². The van der Waals surface area contributed by atoms with Crippen LogP contribution in [0.1, 0.15) is 32.6 Å². The van der Waals surface area contributed by atoms with Crippen molar-refractivity contribution >= 4 is 33.2 Å². The van der Waals surface area contributed by atoms with Crippen molar-refractivity contribution in [3.8, 4) is 5.69 Å². The molecule has 6 nitrogen and oxygen atoms in total. The van der Waals surface area contributed by atoms with E-state index in [9.17, 15) is 13.2 Å². The number of nitrogens with one attached hydrogen (secondary N) is 1. The maximum Gasteiger partial charge on any atom is 0.227 e. The van der Waals surface area contributed by atoms with Gasteiger partial charge in [0, 0.05) is 36.4 Å². The largest absolute Gasteiger partial charge is 0.324 e. The fourth-order valence-electron chi connectivity index (χ4n) is 3.41. The van der Waals surface area contributed by atoms with Gasteiger partial charge in [0.25, 0.3) is 0 Å². The van der Waals surface area contributed by atoms with Crippen LogP contribution < -0.4 is 5.32 Å². The van der Waals surface area contributed by atoms with Gasteiger partial charge in [-0.3, -0.25) is 4.79 Å². The van der Waals surface area contributed by atoms with E-state index in [0.29, 0.717) is 43.1 Å². The van der Waals surface area contributed by atoms with E-state index in [1.165, 1.54) is 4.31 Å². The zero-order valence-electron chi connectivity index (χ0n) is 16.0. The number of hydrogen-bond donors (Lipinski definition) is 1. The topological polar surface area (TPSA) is 71.4 Å². The molecule has 8 heteroatoms. The van der Waals surface area contributed by atoms with Crippen LogP contribution in [0.25, 0.3) is 5.69 Å². The van der Waals surface area contributed by atoms with E-state index in [2.05, 4.69) is 5.32 Å². The van der Waals surface area contributed by atoms with Gasteiger partial charge in [-0.2, -0.15) is 0 Å². The molecule has 1 amide bonds. The SMILES string of the molecule is CCCCS(=O)(=O)N1CCC(C(=O)Nc2ccc(Cl)cc2-n2cccc2)CC1. The fraction of sp³-hybridized carbons (Fsp3) is 0.450. The third-order valence-electron chi connectivity index (χ3n) is 5.07. The van der Waals surface area contributed by atoms with Gasteiger partial charge in [-0.25, -0.2) is 12.7 Å². The van der Waals surface area contributed by atoms with Crippen LogP contribution in [0, 0.1) is 5.92 Å². The van der Waals surface area contributed by atoms with Gasteiger partial charge in [0.05, 0.1) is 17.1 Å². The first kappa shape index (κ1) is 20.9. The van der Waals surface area contributed by atoms with E-state index < -0.39 is 10.0 Å². The summed E-state index contributed by atoms with van der Waals surface area (Å²) in [7, 11) is -3.21. The molecule has 1 fully saturated rings. The normalized spacial score (nSPS) is 16.2. The molecule has 1 N–H and O–H groups in total. The van der Waals surface area contributed by atoms with E-state index in [1.807, 2.05) is 36.0 Å². The number of benzene rings is 1. The highest BCUT2D eigenvalue weighted by Gasteiger charge is 2.31. The fourth-order valence-corrected chi connectivity index (χ4v) is 5.25. The van der Waals surface area contributed by atoms with E-state index in [0.717, 1.165) is 12.1 Å². The second kappa shape index (κ2) is 9.11. The Balaban J connectivity index is 1.64. The van der Waals surface area contributed by atoms with Crippen LogP contribution in [0.3, 0.4) is 0 Å². The summed E-state index contributed by atoms with van der Waals surface area (Å²) in [5.41, 5.74) is 1.48. The first-order valence-electron chi connectivity index (χ1n) is 9.62. The van der Waals surface area contributed by atoms with Crippen molar-refractivity contribution in [3.05, 3.63) is 47.7 Å². The van der Waals surface area contributed by atoms with Crippen LogP contribution in [-0.4, -0.2) is 42.0 Å². The third kappa shape index (κ3) is 4.96. The number of unbranched alkanes of at least 4 members (excludes halogenated alkanes) is 1. The number of aromatic nitrogens is 1. The van der Waals surface area contributed by atoms with E-state index >= 15 is 0 Å². The lowest BCUT2D eigenvalue weighted by Gasteiger charge is -2.30. The number of anilines is 1. The second-order valence-corrected chi connectivity index (χ2v) is 9.61. The van der Waals surface area contributed by atoms with Gasteiger partial charge in [0.2, 0.25) is 15.9 Å². The summed E-state index contributed by atoms with van der Waals surface area (Å²) >= 11 is 6.13. The van der Waals surface area contributed by atoms with Crippen molar-refractivity contribution in [1.29, 1.82) is 0 Å². The minimum Gasteiger partial charge on any atom is -0.324 e. The predicted molar refractivity (Wildman–Crippen MR) is 112 cm³/mol. The summed E-state index contributed by atoms with van der Waals surface area (Å²) in [5.74, 6) is -0.0992. The summed E-state index contributed by atoms with van der Waals surface area (Å²) in [5, 5.41) is 3.59. The highest BCUT2D eigenvalue weighted by Crippen LogP contribution is 2.27. The van der Waals surface area contributed by atoms with Gasteiger partial charge in [-0.1, -0.05) is 24.9 Å². The Morgan fingerprint density at radius 3 is 2.54 bits per heavy atom. The number of halogens is 1. The molecule has 0 atom stereocenters. The molecular weight excluding hydrogens is 398 g/mol. The van der Waals surface area contributed by atoms with Gasteiger partial charge in [0.15, 0.2) is 0 Å². The summed E-state index contributed by atoms with van der Waals surface area (Å²) in [6.45, 7) is 2.77. The number of amides is 1. The molecule has 0 spiro atoms. The molecule has 1 aromatic carbocycles. The van der Waals surface area contributed by atoms with Crippen LogP contribution in [0.2, 0.25) is 5.02 Å². The van der Waals surface area contributed by atoms with Crippen molar-refractivity contribution in [3.63, 3.8) is 0 Å². The summed E-state index contributed by atoms with van der Waals surface area (Å²) in [4.78, 5) is 12.8. The number of hydrogen-bond acceptors (Lipinski definition) is 3. The Kier molecular flexibility index (Phi) is 6.80. The predicted octanol–water partition coefficient (Wildman–Crippen LogP) is 3.91. The Morgan fingerprint density at radius 2 is 1.89 bits per heavy atom. The number of sulfonamides is 1. The molecule has 1 aliphatic heterocycles. The number of carbonyl (C=O) groups excluding carboxylic acids is 1. The Bertz CT molecular complexity index is 905. The highest BCUT2D eigenvalue weighted by atomic mass is 35.5. The quantitative estimate of drug-likeness (QED) is 0.733. The lowest BCUT2D eigenvalue weighted by molar-refractivity contribution is -0.120. The standard InChI is InChI=1S/C20H26ClN3O3S/c1-2-3-14-28(26,27)24-12-8-16(9-13-24)20(25)22-18-7-6-17(21)15-19(18)23-10-4-5-11-23/h4-7,10-11,15-16H,2-3,8-9,12-14H2,1H3,(H,22,25). The molecule has 152 valence electrons. The number of carbonyl (C=O) groups is 1. The maximum atomic E-state index is 12.8. The monoisotopic (exact) mass is 423 g/mol. The van der Waals surface area contributed by atoms with Gasteiger partial charge in [0.1, 0.15) is 0 Å². The van der Waals surface area contributed by atoms with E-state index in [4.69, 9.17) is 11.6 Å². The Labute approximate surface area is 171 Å². The van der Waals surface area contributed by atoms with Crippen LogP contribution >= 0.6 is 11.6 Å². The molecule has 0 aliphatic carbocycles. The molecule has 0 unspecified atom stereocenters. The van der Waals surface area contributed by atoms with Crippen LogP contribution in [0.4, 0.5) is 5.69 Å². The molecule has 2 aromatic rings. The Hall–Kier alpha value is -1.83. The summed E-state index contributed by atoms with van der Waals surface area (Å²) in [6, 6.07) is 9.15. The lowest BCUT2D eigenvalue weighted by atomic mass is 9.97. The van der Waals surface area contributed by atoms with Crippen molar-refractivity contribution < 1.29 is 13.2 Å². The number of nitrogens with zero attached hydrogens (tertiary/aromatic N) is 2. The van der Waals surface area contributed by atoms with Crippen molar-refractivity contribution in [1.82, 2.24) is 8.87 Å². The average molecular weight is 424 g/mol. The summed E-state index contributed by atoms with van der Waals surface area (Å²) in [6.07, 6.45) is 6.36. The highest BCUT2D eigenvalue weighted by molar-refractivity contribution is 7.89.